The number of guanidine groups is 1. The van der Waals surface area contributed by atoms with Crippen molar-refractivity contribution in [3.8, 4) is 0 Å². The summed E-state index contributed by atoms with van der Waals surface area (Å²) in [6, 6.07) is 6.43. The lowest BCUT2D eigenvalue weighted by Crippen LogP contribution is -2.38. The van der Waals surface area contributed by atoms with Gasteiger partial charge in [0.05, 0.1) is 12.6 Å². The van der Waals surface area contributed by atoms with Crippen LogP contribution in [0, 0.1) is 12.8 Å². The topological polar surface area (TPSA) is 41.6 Å². The lowest BCUT2D eigenvalue weighted by molar-refractivity contribution is 0.309. The van der Waals surface area contributed by atoms with Crippen molar-refractivity contribution in [2.24, 2.45) is 16.6 Å². The monoisotopic (exact) mass is 265 g/mol. The second-order valence-corrected chi connectivity index (χ2v) is 5.68. The largest absolute Gasteiger partial charge is 0.370 e. The summed E-state index contributed by atoms with van der Waals surface area (Å²) in [6.07, 6.45) is 0. The predicted octanol–water partition coefficient (Wildman–Crippen LogP) is 2.98. The summed E-state index contributed by atoms with van der Waals surface area (Å²) >= 11 is 6.19. The van der Waals surface area contributed by atoms with E-state index in [1.54, 1.807) is 0 Å². The van der Waals surface area contributed by atoms with Crippen LogP contribution in [0.15, 0.2) is 23.2 Å². The number of nitrogens with two attached hydrogens (primary N) is 1. The van der Waals surface area contributed by atoms with E-state index in [4.69, 9.17) is 17.3 Å². The highest BCUT2D eigenvalue weighted by Crippen LogP contribution is 2.29. The van der Waals surface area contributed by atoms with Crippen LogP contribution < -0.4 is 5.73 Å². The minimum Gasteiger partial charge on any atom is -0.370 e. The minimum absolute atomic E-state index is 0.227. The van der Waals surface area contributed by atoms with Gasteiger partial charge >= 0.3 is 0 Å². The van der Waals surface area contributed by atoms with Crippen molar-refractivity contribution >= 4 is 17.6 Å². The zero-order valence-electron chi connectivity index (χ0n) is 11.2. The molecule has 0 aromatic heterocycles. The van der Waals surface area contributed by atoms with Gasteiger partial charge in [-0.25, -0.2) is 0 Å². The van der Waals surface area contributed by atoms with Crippen LogP contribution in [-0.4, -0.2) is 23.9 Å². The zero-order valence-corrected chi connectivity index (χ0v) is 11.9. The third-order valence-electron chi connectivity index (χ3n) is 3.24. The quantitative estimate of drug-likeness (QED) is 0.913. The normalized spacial score (nSPS) is 19.5. The van der Waals surface area contributed by atoms with Gasteiger partial charge in [0.25, 0.3) is 0 Å². The molecule has 0 saturated heterocycles. The first kappa shape index (κ1) is 13.2. The Bertz CT molecular complexity index is 468. The van der Waals surface area contributed by atoms with Crippen molar-refractivity contribution in [3.63, 3.8) is 0 Å². The third-order valence-corrected chi connectivity index (χ3v) is 3.65. The molecule has 0 radical (unpaired) electrons. The molecule has 1 atom stereocenters. The molecule has 0 saturated carbocycles. The van der Waals surface area contributed by atoms with Crippen molar-refractivity contribution in [2.75, 3.05) is 13.1 Å². The molecular weight excluding hydrogens is 246 g/mol. The molecule has 4 heteroatoms. The van der Waals surface area contributed by atoms with E-state index >= 15 is 0 Å². The molecule has 0 fully saturated rings. The second-order valence-electron chi connectivity index (χ2n) is 5.27. The Morgan fingerprint density at radius 1 is 1.50 bits per heavy atom. The molecule has 18 heavy (non-hydrogen) atoms. The van der Waals surface area contributed by atoms with E-state index in [0.717, 1.165) is 23.7 Å². The number of aliphatic imine (C=N–C) groups is 1. The second kappa shape index (κ2) is 5.19. The van der Waals surface area contributed by atoms with Crippen molar-refractivity contribution in [1.29, 1.82) is 0 Å². The lowest BCUT2D eigenvalue weighted by Gasteiger charge is -2.28. The van der Waals surface area contributed by atoms with E-state index in [9.17, 15) is 0 Å². The Kier molecular flexibility index (Phi) is 3.81. The fourth-order valence-corrected chi connectivity index (χ4v) is 2.43. The van der Waals surface area contributed by atoms with Gasteiger partial charge in [0, 0.05) is 11.6 Å². The first-order valence-corrected chi connectivity index (χ1v) is 6.69. The van der Waals surface area contributed by atoms with Gasteiger partial charge in [0.15, 0.2) is 5.96 Å². The van der Waals surface area contributed by atoms with Crippen molar-refractivity contribution in [2.45, 2.75) is 26.8 Å². The summed E-state index contributed by atoms with van der Waals surface area (Å²) < 4.78 is 0. The average Bonchev–Trinajstić information content (AvgIpc) is 2.64. The molecule has 2 N–H and O–H groups in total. The summed E-state index contributed by atoms with van der Waals surface area (Å²) in [6.45, 7) is 8.02. The van der Waals surface area contributed by atoms with E-state index in [1.165, 1.54) is 5.56 Å². The van der Waals surface area contributed by atoms with Crippen LogP contribution in [0.25, 0.3) is 0 Å². The van der Waals surface area contributed by atoms with Crippen LogP contribution >= 0.6 is 11.6 Å². The molecule has 0 bridgehead atoms. The summed E-state index contributed by atoms with van der Waals surface area (Å²) in [4.78, 5) is 6.53. The molecule has 1 aromatic rings. The molecule has 98 valence electrons. The van der Waals surface area contributed by atoms with E-state index in [0.29, 0.717) is 11.9 Å². The molecular formula is C14H20ClN3. The van der Waals surface area contributed by atoms with Gasteiger partial charge in [-0.2, -0.15) is 0 Å². The summed E-state index contributed by atoms with van der Waals surface area (Å²) in [7, 11) is 0. The molecule has 1 unspecified atom stereocenters. The van der Waals surface area contributed by atoms with E-state index < -0.39 is 0 Å². The van der Waals surface area contributed by atoms with Gasteiger partial charge in [-0.15, -0.1) is 0 Å². The standard InChI is InChI=1S/C14H20ClN3/c1-9(2)8-18-13(7-17-14(18)16)11-5-4-10(3)12(15)6-11/h4-6,9,13H,7-8H2,1-3H3,(H2,16,17). The van der Waals surface area contributed by atoms with Crippen LogP contribution in [0.3, 0.4) is 0 Å². The number of aryl methyl sites for hydroxylation is 1. The lowest BCUT2D eigenvalue weighted by atomic mass is 10.0. The Labute approximate surface area is 114 Å². The first-order valence-electron chi connectivity index (χ1n) is 6.31. The number of rotatable bonds is 3. The van der Waals surface area contributed by atoms with E-state index in [2.05, 4.69) is 35.9 Å². The summed E-state index contributed by atoms with van der Waals surface area (Å²) in [5.41, 5.74) is 8.26. The summed E-state index contributed by atoms with van der Waals surface area (Å²) in [5.74, 6) is 1.20. The third kappa shape index (κ3) is 2.61. The number of nitrogens with zero attached hydrogens (tertiary/aromatic N) is 2. The van der Waals surface area contributed by atoms with E-state index in [-0.39, 0.29) is 6.04 Å². The van der Waals surface area contributed by atoms with Crippen molar-refractivity contribution < 1.29 is 0 Å². The average molecular weight is 266 g/mol. The molecule has 0 spiro atoms. The highest BCUT2D eigenvalue weighted by atomic mass is 35.5. The number of benzene rings is 1. The van der Waals surface area contributed by atoms with Gasteiger partial charge < -0.3 is 10.6 Å². The summed E-state index contributed by atoms with van der Waals surface area (Å²) in [5, 5.41) is 0.808. The molecule has 1 heterocycles. The molecule has 0 amide bonds. The maximum atomic E-state index is 6.19. The SMILES string of the molecule is Cc1ccc(C2CN=C(N)N2CC(C)C)cc1Cl. The van der Waals surface area contributed by atoms with Crippen LogP contribution in [0.5, 0.6) is 0 Å². The highest BCUT2D eigenvalue weighted by molar-refractivity contribution is 6.31. The Hall–Kier alpha value is -1.22. The maximum Gasteiger partial charge on any atom is 0.191 e. The Balaban J connectivity index is 2.24. The highest BCUT2D eigenvalue weighted by Gasteiger charge is 2.27. The predicted molar refractivity (Wildman–Crippen MR) is 77.0 cm³/mol. The van der Waals surface area contributed by atoms with Crippen LogP contribution in [0.1, 0.15) is 31.0 Å². The van der Waals surface area contributed by atoms with Crippen LogP contribution in [0.4, 0.5) is 0 Å². The molecule has 3 nitrogen and oxygen atoms in total. The van der Waals surface area contributed by atoms with Crippen LogP contribution in [-0.2, 0) is 0 Å². The first-order chi connectivity index (χ1) is 8.49. The molecule has 2 rings (SSSR count). The molecule has 0 aliphatic carbocycles. The number of hydrogen-bond donors (Lipinski definition) is 1. The zero-order chi connectivity index (χ0) is 13.3. The molecule has 1 aromatic carbocycles. The van der Waals surface area contributed by atoms with Gasteiger partial charge in [-0.05, 0) is 30.0 Å². The van der Waals surface area contributed by atoms with Crippen LogP contribution in [0.2, 0.25) is 5.02 Å². The smallest absolute Gasteiger partial charge is 0.191 e. The fraction of sp³-hybridized carbons (Fsp3) is 0.500. The van der Waals surface area contributed by atoms with E-state index in [1.807, 2.05) is 13.0 Å². The van der Waals surface area contributed by atoms with Gasteiger partial charge in [0.1, 0.15) is 0 Å². The van der Waals surface area contributed by atoms with Crippen molar-refractivity contribution in [1.82, 2.24) is 4.90 Å². The maximum absolute atomic E-state index is 6.19. The van der Waals surface area contributed by atoms with Gasteiger partial charge in [-0.1, -0.05) is 37.6 Å². The molecule has 1 aliphatic heterocycles. The minimum atomic E-state index is 0.227. The van der Waals surface area contributed by atoms with Gasteiger partial charge in [-0.3, -0.25) is 4.99 Å². The van der Waals surface area contributed by atoms with Gasteiger partial charge in [0.2, 0.25) is 0 Å². The Morgan fingerprint density at radius 3 is 2.83 bits per heavy atom. The number of halogens is 1. The Morgan fingerprint density at radius 2 is 2.22 bits per heavy atom. The fourth-order valence-electron chi connectivity index (χ4n) is 2.24. The van der Waals surface area contributed by atoms with Crippen molar-refractivity contribution in [3.05, 3.63) is 34.3 Å². The number of hydrogen-bond acceptors (Lipinski definition) is 3. The molecule has 1 aliphatic rings.